The molecule has 0 spiro atoms. The van der Waals surface area contributed by atoms with E-state index < -0.39 is 0 Å². The minimum atomic E-state index is 0. The minimum Gasteiger partial charge on any atom is -0.371 e. The second-order valence-electron chi connectivity index (χ2n) is 5.40. The highest BCUT2D eigenvalue weighted by atomic mass is 35.5. The van der Waals surface area contributed by atoms with E-state index in [2.05, 4.69) is 0 Å². The molecule has 4 nitrogen and oxygen atoms in total. The first-order chi connectivity index (χ1) is 9.79. The molecule has 1 aromatic rings. The summed E-state index contributed by atoms with van der Waals surface area (Å²) in [6.45, 7) is 2.83. The SMILES string of the molecule is Cl.NCCCN(Cc1ccccc1)C(=O)COCC1CC1. The second-order valence-corrected chi connectivity index (χ2v) is 5.40. The molecule has 1 aliphatic carbocycles. The van der Waals surface area contributed by atoms with Crippen LogP contribution in [0.3, 0.4) is 0 Å². The van der Waals surface area contributed by atoms with Crippen molar-refractivity contribution in [3.05, 3.63) is 35.9 Å². The average Bonchev–Trinajstić information content (AvgIpc) is 3.28. The fraction of sp³-hybridized carbons (Fsp3) is 0.562. The van der Waals surface area contributed by atoms with Crippen LogP contribution in [0.15, 0.2) is 30.3 Å². The van der Waals surface area contributed by atoms with Crippen molar-refractivity contribution in [3.63, 3.8) is 0 Å². The number of hydrogen-bond donors (Lipinski definition) is 1. The lowest BCUT2D eigenvalue weighted by molar-refractivity contribution is -0.137. The number of nitrogens with zero attached hydrogens (tertiary/aromatic N) is 1. The van der Waals surface area contributed by atoms with Crippen LogP contribution in [-0.4, -0.2) is 37.1 Å². The van der Waals surface area contributed by atoms with E-state index >= 15 is 0 Å². The Morgan fingerprint density at radius 2 is 2.00 bits per heavy atom. The quantitative estimate of drug-likeness (QED) is 0.760. The highest BCUT2D eigenvalue weighted by Gasteiger charge is 2.22. The van der Waals surface area contributed by atoms with Crippen LogP contribution in [0, 0.1) is 5.92 Å². The van der Waals surface area contributed by atoms with Crippen LogP contribution >= 0.6 is 12.4 Å². The van der Waals surface area contributed by atoms with Gasteiger partial charge in [-0.15, -0.1) is 12.4 Å². The molecule has 2 N–H and O–H groups in total. The normalized spacial score (nSPS) is 13.6. The molecular weight excluding hydrogens is 288 g/mol. The second kappa shape index (κ2) is 9.77. The van der Waals surface area contributed by atoms with Crippen molar-refractivity contribution < 1.29 is 9.53 Å². The molecule has 0 aromatic heterocycles. The number of ether oxygens (including phenoxy) is 1. The fourth-order valence-corrected chi connectivity index (χ4v) is 2.07. The van der Waals surface area contributed by atoms with E-state index in [-0.39, 0.29) is 24.9 Å². The van der Waals surface area contributed by atoms with Crippen molar-refractivity contribution in [2.45, 2.75) is 25.8 Å². The maximum absolute atomic E-state index is 12.2. The van der Waals surface area contributed by atoms with Crippen LogP contribution in [0.2, 0.25) is 0 Å². The molecule has 0 unspecified atom stereocenters. The summed E-state index contributed by atoms with van der Waals surface area (Å²) in [7, 11) is 0. The largest absolute Gasteiger partial charge is 0.371 e. The highest BCUT2D eigenvalue weighted by molar-refractivity contribution is 5.85. The van der Waals surface area contributed by atoms with Crippen molar-refractivity contribution in [2.24, 2.45) is 11.7 Å². The Morgan fingerprint density at radius 1 is 1.29 bits per heavy atom. The number of benzene rings is 1. The summed E-state index contributed by atoms with van der Waals surface area (Å²) in [5.74, 6) is 0.748. The van der Waals surface area contributed by atoms with Crippen molar-refractivity contribution in [2.75, 3.05) is 26.3 Å². The van der Waals surface area contributed by atoms with Gasteiger partial charge in [-0.05, 0) is 37.3 Å². The van der Waals surface area contributed by atoms with Crippen molar-refractivity contribution >= 4 is 18.3 Å². The summed E-state index contributed by atoms with van der Waals surface area (Å²) in [6, 6.07) is 10.0. The van der Waals surface area contributed by atoms with Crippen LogP contribution in [0.5, 0.6) is 0 Å². The van der Waals surface area contributed by atoms with Gasteiger partial charge in [-0.3, -0.25) is 4.79 Å². The first-order valence-electron chi connectivity index (χ1n) is 7.39. The monoisotopic (exact) mass is 312 g/mol. The summed E-state index contributed by atoms with van der Waals surface area (Å²) >= 11 is 0. The van der Waals surface area contributed by atoms with E-state index in [1.54, 1.807) is 0 Å². The molecule has 0 atom stereocenters. The molecule has 0 saturated heterocycles. The lowest BCUT2D eigenvalue weighted by Crippen LogP contribution is -2.35. The third kappa shape index (κ3) is 6.93. The number of amides is 1. The minimum absolute atomic E-state index is 0. The van der Waals surface area contributed by atoms with Crippen molar-refractivity contribution in [1.82, 2.24) is 4.90 Å². The van der Waals surface area contributed by atoms with Gasteiger partial charge in [0.15, 0.2) is 0 Å². The lowest BCUT2D eigenvalue weighted by atomic mass is 10.2. The Hall–Kier alpha value is -1.10. The molecule has 1 aliphatic rings. The summed E-state index contributed by atoms with van der Waals surface area (Å²) in [4.78, 5) is 14.1. The molecule has 1 amide bonds. The van der Waals surface area contributed by atoms with Crippen molar-refractivity contribution in [3.8, 4) is 0 Å². The first-order valence-corrected chi connectivity index (χ1v) is 7.39. The maximum Gasteiger partial charge on any atom is 0.248 e. The van der Waals surface area contributed by atoms with E-state index in [1.165, 1.54) is 12.8 Å². The average molecular weight is 313 g/mol. The molecular formula is C16H25ClN2O2. The van der Waals surface area contributed by atoms with Crippen molar-refractivity contribution in [1.29, 1.82) is 0 Å². The number of nitrogens with two attached hydrogens (primary N) is 1. The van der Waals surface area contributed by atoms with Gasteiger partial charge in [-0.25, -0.2) is 0 Å². The Morgan fingerprint density at radius 3 is 2.62 bits per heavy atom. The molecule has 0 bridgehead atoms. The molecule has 1 aromatic carbocycles. The van der Waals surface area contributed by atoms with E-state index in [0.29, 0.717) is 25.6 Å². The Kier molecular flexibility index (Phi) is 8.35. The van der Waals surface area contributed by atoms with Gasteiger partial charge in [-0.2, -0.15) is 0 Å². The topological polar surface area (TPSA) is 55.6 Å². The molecule has 2 rings (SSSR count). The van der Waals surface area contributed by atoms with E-state index in [9.17, 15) is 4.79 Å². The van der Waals surface area contributed by atoms with E-state index in [0.717, 1.165) is 18.6 Å². The molecule has 0 radical (unpaired) electrons. The third-order valence-electron chi connectivity index (χ3n) is 3.48. The summed E-state index contributed by atoms with van der Waals surface area (Å²) in [5.41, 5.74) is 6.69. The van der Waals surface area contributed by atoms with Gasteiger partial charge in [0.2, 0.25) is 5.91 Å². The van der Waals surface area contributed by atoms with Crippen LogP contribution in [0.25, 0.3) is 0 Å². The fourth-order valence-electron chi connectivity index (χ4n) is 2.07. The Balaban J connectivity index is 0.00000220. The van der Waals surface area contributed by atoms with Gasteiger partial charge in [0, 0.05) is 13.1 Å². The lowest BCUT2D eigenvalue weighted by Gasteiger charge is -2.22. The molecule has 1 fully saturated rings. The van der Waals surface area contributed by atoms with Gasteiger partial charge in [-0.1, -0.05) is 30.3 Å². The molecule has 118 valence electrons. The summed E-state index contributed by atoms with van der Waals surface area (Å²) in [5, 5.41) is 0. The van der Waals surface area contributed by atoms with Gasteiger partial charge >= 0.3 is 0 Å². The van der Waals surface area contributed by atoms with Gasteiger partial charge in [0.05, 0.1) is 6.61 Å². The highest BCUT2D eigenvalue weighted by Crippen LogP contribution is 2.28. The van der Waals surface area contributed by atoms with Crippen LogP contribution in [0.4, 0.5) is 0 Å². The Labute approximate surface area is 133 Å². The standard InChI is InChI=1S/C16H24N2O2.ClH/c17-9-4-10-18(11-14-5-2-1-3-6-14)16(19)13-20-12-15-7-8-15;/h1-3,5-6,15H,4,7-13,17H2;1H. The zero-order valence-electron chi connectivity index (χ0n) is 12.4. The number of hydrogen-bond acceptors (Lipinski definition) is 3. The third-order valence-corrected chi connectivity index (χ3v) is 3.48. The summed E-state index contributed by atoms with van der Waals surface area (Å²) in [6.07, 6.45) is 3.31. The molecule has 1 saturated carbocycles. The van der Waals surface area contributed by atoms with E-state index in [1.807, 2.05) is 35.2 Å². The number of carbonyl (C=O) groups excluding carboxylic acids is 1. The predicted octanol–water partition coefficient (Wildman–Crippen LogP) is 2.21. The van der Waals surface area contributed by atoms with E-state index in [4.69, 9.17) is 10.5 Å². The van der Waals surface area contributed by atoms with Gasteiger partial charge in [0.1, 0.15) is 6.61 Å². The summed E-state index contributed by atoms with van der Waals surface area (Å²) < 4.78 is 5.50. The van der Waals surface area contributed by atoms with Crippen LogP contribution < -0.4 is 5.73 Å². The molecule has 21 heavy (non-hydrogen) atoms. The maximum atomic E-state index is 12.2. The van der Waals surface area contributed by atoms with Crippen LogP contribution in [0.1, 0.15) is 24.8 Å². The first kappa shape index (κ1) is 18.0. The number of rotatable bonds is 9. The molecule has 0 aliphatic heterocycles. The molecule has 0 heterocycles. The Bertz CT molecular complexity index is 410. The zero-order valence-corrected chi connectivity index (χ0v) is 13.2. The van der Waals surface area contributed by atoms with Crippen LogP contribution in [-0.2, 0) is 16.1 Å². The molecule has 5 heteroatoms. The van der Waals surface area contributed by atoms with Gasteiger partial charge < -0.3 is 15.4 Å². The van der Waals surface area contributed by atoms with Gasteiger partial charge in [0.25, 0.3) is 0 Å². The predicted molar refractivity (Wildman–Crippen MR) is 86.3 cm³/mol. The number of carbonyl (C=O) groups is 1. The number of halogens is 1. The smallest absolute Gasteiger partial charge is 0.248 e. The zero-order chi connectivity index (χ0) is 14.2.